The fraction of sp³-hybridized carbons (Fsp3) is 0.167. The molecule has 5 nitrogen and oxygen atoms in total. The standard InChI is InChI=1S/C12H12N2O3S/c1-6-4-18-5-8(6)11(15)14-9-3-7(2)13-10(9)12(16)17/h3-5,13H,1-2H3,(H,14,15)(H,16,17). The van der Waals surface area contributed by atoms with Gasteiger partial charge in [-0.15, -0.1) is 0 Å². The van der Waals surface area contributed by atoms with Crippen LogP contribution in [0.25, 0.3) is 0 Å². The second kappa shape index (κ2) is 4.66. The van der Waals surface area contributed by atoms with Gasteiger partial charge in [0, 0.05) is 11.1 Å². The summed E-state index contributed by atoms with van der Waals surface area (Å²) in [6, 6.07) is 1.60. The number of aryl methyl sites for hydroxylation is 2. The van der Waals surface area contributed by atoms with E-state index in [0.717, 1.165) is 5.56 Å². The number of aromatic amines is 1. The summed E-state index contributed by atoms with van der Waals surface area (Å²) in [5, 5.41) is 15.2. The van der Waals surface area contributed by atoms with E-state index < -0.39 is 5.97 Å². The molecule has 0 atom stereocenters. The fourth-order valence-corrected chi connectivity index (χ4v) is 2.47. The first-order chi connectivity index (χ1) is 8.49. The van der Waals surface area contributed by atoms with Gasteiger partial charge < -0.3 is 15.4 Å². The van der Waals surface area contributed by atoms with E-state index in [1.807, 2.05) is 12.3 Å². The maximum absolute atomic E-state index is 12.0. The normalized spacial score (nSPS) is 10.3. The SMILES string of the molecule is Cc1cc(NC(=O)c2cscc2C)c(C(=O)O)[nH]1. The number of hydrogen-bond donors (Lipinski definition) is 3. The number of carboxylic acids is 1. The molecule has 0 fully saturated rings. The lowest BCUT2D eigenvalue weighted by atomic mass is 10.2. The van der Waals surface area contributed by atoms with Gasteiger partial charge in [-0.1, -0.05) is 0 Å². The lowest BCUT2D eigenvalue weighted by molar-refractivity contribution is 0.0692. The van der Waals surface area contributed by atoms with Crippen molar-refractivity contribution in [3.63, 3.8) is 0 Å². The van der Waals surface area contributed by atoms with Gasteiger partial charge in [0.2, 0.25) is 0 Å². The molecule has 0 aromatic carbocycles. The molecule has 0 radical (unpaired) electrons. The first-order valence-corrected chi connectivity index (χ1v) is 6.20. The molecule has 18 heavy (non-hydrogen) atoms. The summed E-state index contributed by atoms with van der Waals surface area (Å²) in [5.41, 5.74) is 2.41. The number of carboxylic acid groups (broad SMARTS) is 1. The van der Waals surface area contributed by atoms with Crippen LogP contribution in [0.4, 0.5) is 5.69 Å². The summed E-state index contributed by atoms with van der Waals surface area (Å²) in [6.07, 6.45) is 0. The maximum Gasteiger partial charge on any atom is 0.354 e. The van der Waals surface area contributed by atoms with Gasteiger partial charge in [-0.3, -0.25) is 4.79 Å². The third kappa shape index (κ3) is 2.28. The van der Waals surface area contributed by atoms with Crippen molar-refractivity contribution in [1.29, 1.82) is 0 Å². The number of nitrogens with one attached hydrogen (secondary N) is 2. The van der Waals surface area contributed by atoms with Crippen LogP contribution in [0.15, 0.2) is 16.8 Å². The zero-order valence-corrected chi connectivity index (χ0v) is 10.7. The van der Waals surface area contributed by atoms with E-state index in [1.165, 1.54) is 11.3 Å². The van der Waals surface area contributed by atoms with E-state index in [2.05, 4.69) is 10.3 Å². The van der Waals surface area contributed by atoms with Crippen molar-refractivity contribution in [3.8, 4) is 0 Å². The first kappa shape index (κ1) is 12.4. The van der Waals surface area contributed by atoms with Gasteiger partial charge in [0.1, 0.15) is 5.69 Å². The van der Waals surface area contributed by atoms with Gasteiger partial charge in [-0.2, -0.15) is 11.3 Å². The molecule has 0 aliphatic heterocycles. The van der Waals surface area contributed by atoms with Crippen LogP contribution >= 0.6 is 11.3 Å². The lowest BCUT2D eigenvalue weighted by Crippen LogP contribution is -2.14. The fourth-order valence-electron chi connectivity index (χ4n) is 1.64. The van der Waals surface area contributed by atoms with E-state index in [-0.39, 0.29) is 17.3 Å². The molecular formula is C12H12N2O3S. The van der Waals surface area contributed by atoms with Crippen molar-refractivity contribution >= 4 is 28.9 Å². The Balaban J connectivity index is 2.27. The van der Waals surface area contributed by atoms with E-state index in [0.29, 0.717) is 11.3 Å². The van der Waals surface area contributed by atoms with Gasteiger partial charge in [-0.25, -0.2) is 4.79 Å². The second-order valence-corrected chi connectivity index (χ2v) is 4.71. The van der Waals surface area contributed by atoms with Crippen LogP contribution in [0.1, 0.15) is 32.1 Å². The number of carbonyl (C=O) groups excluding carboxylic acids is 1. The number of aromatic carboxylic acids is 1. The molecule has 0 bridgehead atoms. The highest BCUT2D eigenvalue weighted by Gasteiger charge is 2.17. The van der Waals surface area contributed by atoms with Crippen LogP contribution in [0.5, 0.6) is 0 Å². The quantitative estimate of drug-likeness (QED) is 0.797. The van der Waals surface area contributed by atoms with Crippen molar-refractivity contribution in [2.24, 2.45) is 0 Å². The predicted octanol–water partition coefficient (Wildman–Crippen LogP) is 2.64. The molecule has 6 heteroatoms. The Hall–Kier alpha value is -2.08. The Morgan fingerprint density at radius 3 is 2.61 bits per heavy atom. The van der Waals surface area contributed by atoms with E-state index in [9.17, 15) is 9.59 Å². The molecule has 0 saturated heterocycles. The minimum absolute atomic E-state index is 0.00580. The molecule has 3 N–H and O–H groups in total. The second-order valence-electron chi connectivity index (χ2n) is 3.97. The number of amides is 1. The van der Waals surface area contributed by atoms with Gasteiger partial charge >= 0.3 is 5.97 Å². The molecule has 2 rings (SSSR count). The molecule has 2 aromatic heterocycles. The van der Waals surface area contributed by atoms with Crippen LogP contribution in [-0.2, 0) is 0 Å². The third-order valence-corrected chi connectivity index (χ3v) is 3.38. The van der Waals surface area contributed by atoms with Crippen LogP contribution in [0.2, 0.25) is 0 Å². The van der Waals surface area contributed by atoms with Crippen molar-refractivity contribution in [2.75, 3.05) is 5.32 Å². The van der Waals surface area contributed by atoms with Gasteiger partial charge in [0.25, 0.3) is 5.91 Å². The van der Waals surface area contributed by atoms with Crippen molar-refractivity contribution in [2.45, 2.75) is 13.8 Å². The Morgan fingerprint density at radius 1 is 1.33 bits per heavy atom. The molecule has 0 aliphatic rings. The molecule has 2 heterocycles. The number of hydrogen-bond acceptors (Lipinski definition) is 3. The Labute approximate surface area is 107 Å². The van der Waals surface area contributed by atoms with Crippen LogP contribution in [0, 0.1) is 13.8 Å². The summed E-state index contributed by atoms with van der Waals surface area (Å²) >= 11 is 1.44. The highest BCUT2D eigenvalue weighted by Crippen LogP contribution is 2.20. The Bertz CT molecular complexity index is 613. The number of carbonyl (C=O) groups is 2. The van der Waals surface area contributed by atoms with Crippen LogP contribution in [0.3, 0.4) is 0 Å². The van der Waals surface area contributed by atoms with E-state index in [4.69, 9.17) is 5.11 Å². The first-order valence-electron chi connectivity index (χ1n) is 5.26. The van der Waals surface area contributed by atoms with Crippen molar-refractivity contribution in [3.05, 3.63) is 39.3 Å². The summed E-state index contributed by atoms with van der Waals surface area (Å²) in [5.74, 6) is -1.39. The molecular weight excluding hydrogens is 252 g/mol. The summed E-state index contributed by atoms with van der Waals surface area (Å²) in [7, 11) is 0. The van der Waals surface area contributed by atoms with Gasteiger partial charge in [0.15, 0.2) is 0 Å². The van der Waals surface area contributed by atoms with Crippen LogP contribution in [-0.4, -0.2) is 22.0 Å². The maximum atomic E-state index is 12.0. The van der Waals surface area contributed by atoms with E-state index in [1.54, 1.807) is 18.4 Å². The molecule has 0 unspecified atom stereocenters. The molecule has 0 saturated carbocycles. The average Bonchev–Trinajstić information content (AvgIpc) is 2.84. The molecule has 2 aromatic rings. The molecule has 0 spiro atoms. The monoisotopic (exact) mass is 264 g/mol. The van der Waals surface area contributed by atoms with Crippen molar-refractivity contribution in [1.82, 2.24) is 4.98 Å². The number of rotatable bonds is 3. The Morgan fingerprint density at radius 2 is 2.06 bits per heavy atom. The largest absolute Gasteiger partial charge is 0.477 e. The molecule has 94 valence electrons. The molecule has 0 aliphatic carbocycles. The average molecular weight is 264 g/mol. The number of H-pyrrole nitrogens is 1. The lowest BCUT2D eigenvalue weighted by Gasteiger charge is -2.03. The summed E-state index contributed by atoms with van der Waals surface area (Å²) in [6.45, 7) is 3.57. The Kier molecular flexibility index (Phi) is 3.20. The number of anilines is 1. The third-order valence-electron chi connectivity index (χ3n) is 2.51. The van der Waals surface area contributed by atoms with E-state index >= 15 is 0 Å². The van der Waals surface area contributed by atoms with Gasteiger partial charge in [0.05, 0.1) is 11.3 Å². The van der Waals surface area contributed by atoms with Crippen LogP contribution < -0.4 is 5.32 Å². The minimum Gasteiger partial charge on any atom is -0.477 e. The zero-order chi connectivity index (χ0) is 13.3. The smallest absolute Gasteiger partial charge is 0.354 e. The number of aromatic nitrogens is 1. The summed E-state index contributed by atoms with van der Waals surface area (Å²) < 4.78 is 0. The van der Waals surface area contributed by atoms with Gasteiger partial charge in [-0.05, 0) is 30.9 Å². The molecule has 1 amide bonds. The highest BCUT2D eigenvalue weighted by molar-refractivity contribution is 7.08. The number of thiophene rings is 1. The predicted molar refractivity (Wildman–Crippen MR) is 69.5 cm³/mol. The topological polar surface area (TPSA) is 82.2 Å². The van der Waals surface area contributed by atoms with Crippen molar-refractivity contribution < 1.29 is 14.7 Å². The minimum atomic E-state index is -1.10. The highest BCUT2D eigenvalue weighted by atomic mass is 32.1. The zero-order valence-electron chi connectivity index (χ0n) is 9.90. The summed E-state index contributed by atoms with van der Waals surface area (Å²) in [4.78, 5) is 25.7.